The predicted octanol–water partition coefficient (Wildman–Crippen LogP) is 4.20. The average molecular weight is 461 g/mol. The number of amidine groups is 1. The second-order valence-electron chi connectivity index (χ2n) is 9.46. The van der Waals surface area contributed by atoms with Crippen LogP contribution in [0.15, 0.2) is 59.7 Å². The van der Waals surface area contributed by atoms with E-state index >= 15 is 0 Å². The fourth-order valence-electron chi connectivity index (χ4n) is 5.05. The molecular weight excluding hydrogens is 435 g/mol. The Balaban J connectivity index is 1.49. The van der Waals surface area contributed by atoms with E-state index in [9.17, 15) is 4.39 Å². The van der Waals surface area contributed by atoms with Crippen molar-refractivity contribution >= 4 is 11.7 Å². The molecule has 0 radical (unpaired) electrons. The second-order valence-corrected chi connectivity index (χ2v) is 9.46. The van der Waals surface area contributed by atoms with E-state index in [0.717, 1.165) is 29.9 Å². The maximum Gasteiger partial charge on any atom is 0.283 e. The van der Waals surface area contributed by atoms with Gasteiger partial charge in [-0.2, -0.15) is 4.39 Å². The summed E-state index contributed by atoms with van der Waals surface area (Å²) in [4.78, 5) is 10.9. The quantitative estimate of drug-likeness (QED) is 0.578. The van der Waals surface area contributed by atoms with E-state index in [-0.39, 0.29) is 18.2 Å². The molecule has 2 N–H and O–H groups in total. The first-order chi connectivity index (χ1) is 16.3. The Morgan fingerprint density at radius 3 is 2.59 bits per heavy atom. The first-order valence-corrected chi connectivity index (χ1v) is 11.3. The van der Waals surface area contributed by atoms with Crippen LogP contribution in [0.5, 0.6) is 11.5 Å². The van der Waals surface area contributed by atoms with Gasteiger partial charge in [0.15, 0.2) is 5.54 Å². The SMILES string of the molecule is CC1(C)CN(c2ccc3c(c2)[C@]2(COC(N)=N2)c2cc(-c4cccnc4F)ccc2O3)CCO1. The van der Waals surface area contributed by atoms with Gasteiger partial charge < -0.3 is 24.8 Å². The molecule has 3 aliphatic heterocycles. The summed E-state index contributed by atoms with van der Waals surface area (Å²) >= 11 is 0. The van der Waals surface area contributed by atoms with Crippen LogP contribution in [0.25, 0.3) is 11.1 Å². The van der Waals surface area contributed by atoms with Gasteiger partial charge in [-0.3, -0.25) is 0 Å². The number of rotatable bonds is 2. The number of morpholine rings is 1. The topological polar surface area (TPSA) is 82.2 Å². The Kier molecular flexibility index (Phi) is 4.57. The van der Waals surface area contributed by atoms with Crippen LogP contribution in [0, 0.1) is 5.95 Å². The number of hydrogen-bond acceptors (Lipinski definition) is 7. The molecule has 2 aromatic carbocycles. The molecular formula is C26H25FN4O3. The summed E-state index contributed by atoms with van der Waals surface area (Å²) in [7, 11) is 0. The Bertz CT molecular complexity index is 1330. The Morgan fingerprint density at radius 1 is 1.06 bits per heavy atom. The third kappa shape index (κ3) is 3.28. The van der Waals surface area contributed by atoms with Crippen molar-refractivity contribution in [3.63, 3.8) is 0 Å². The van der Waals surface area contributed by atoms with Crippen LogP contribution >= 0.6 is 0 Å². The molecule has 8 heteroatoms. The van der Waals surface area contributed by atoms with Crippen molar-refractivity contribution in [3.8, 4) is 22.6 Å². The lowest BCUT2D eigenvalue weighted by Crippen LogP contribution is -2.48. The van der Waals surface area contributed by atoms with E-state index < -0.39 is 11.5 Å². The van der Waals surface area contributed by atoms with E-state index in [2.05, 4.69) is 35.9 Å². The summed E-state index contributed by atoms with van der Waals surface area (Å²) in [6.45, 7) is 6.63. The van der Waals surface area contributed by atoms with Gasteiger partial charge in [0.25, 0.3) is 6.02 Å². The second kappa shape index (κ2) is 7.43. The van der Waals surface area contributed by atoms with Crippen molar-refractivity contribution in [2.45, 2.75) is 25.0 Å². The maximum absolute atomic E-state index is 14.5. The first-order valence-electron chi connectivity index (χ1n) is 11.3. The van der Waals surface area contributed by atoms with Gasteiger partial charge in [-0.15, -0.1) is 0 Å². The maximum atomic E-state index is 14.5. The van der Waals surface area contributed by atoms with E-state index in [1.54, 1.807) is 12.1 Å². The lowest BCUT2D eigenvalue weighted by molar-refractivity contribution is -0.0277. The molecule has 6 rings (SSSR count). The Hall–Kier alpha value is -3.65. The predicted molar refractivity (Wildman–Crippen MR) is 127 cm³/mol. The lowest BCUT2D eigenvalue weighted by atomic mass is 9.80. The summed E-state index contributed by atoms with van der Waals surface area (Å²) in [5.74, 6) is 0.811. The van der Waals surface area contributed by atoms with Crippen LogP contribution < -0.4 is 15.4 Å². The minimum Gasteiger partial charge on any atom is -0.462 e. The molecule has 1 spiro atoms. The molecule has 0 unspecified atom stereocenters. The molecule has 0 amide bonds. The molecule has 1 saturated heterocycles. The number of benzene rings is 2. The number of nitrogens with zero attached hydrogens (tertiary/aromatic N) is 3. The molecule has 1 aromatic heterocycles. The molecule has 0 aliphatic carbocycles. The normalized spacial score (nSPS) is 22.4. The Labute approximate surface area is 197 Å². The van der Waals surface area contributed by atoms with E-state index in [1.807, 2.05) is 24.3 Å². The van der Waals surface area contributed by atoms with Crippen LogP contribution in [-0.2, 0) is 15.0 Å². The largest absolute Gasteiger partial charge is 0.462 e. The molecule has 1 atom stereocenters. The number of ether oxygens (including phenoxy) is 3. The minimum absolute atomic E-state index is 0.120. The smallest absolute Gasteiger partial charge is 0.283 e. The minimum atomic E-state index is -0.889. The molecule has 0 bridgehead atoms. The number of fused-ring (bicyclic) bond motifs is 4. The van der Waals surface area contributed by atoms with Gasteiger partial charge in [0, 0.05) is 41.7 Å². The van der Waals surface area contributed by atoms with Crippen LogP contribution in [0.4, 0.5) is 10.1 Å². The van der Waals surface area contributed by atoms with Crippen LogP contribution in [0.3, 0.4) is 0 Å². The van der Waals surface area contributed by atoms with Crippen molar-refractivity contribution in [1.29, 1.82) is 0 Å². The summed E-state index contributed by atoms with van der Waals surface area (Å²) in [5, 5.41) is 0. The van der Waals surface area contributed by atoms with Gasteiger partial charge in [-0.05, 0) is 61.9 Å². The summed E-state index contributed by atoms with van der Waals surface area (Å²) in [5.41, 5.74) is 8.69. The van der Waals surface area contributed by atoms with Gasteiger partial charge in [-0.25, -0.2) is 9.98 Å². The van der Waals surface area contributed by atoms with E-state index in [1.165, 1.54) is 6.20 Å². The molecule has 4 heterocycles. The van der Waals surface area contributed by atoms with Gasteiger partial charge >= 0.3 is 0 Å². The van der Waals surface area contributed by atoms with Crippen LogP contribution in [0.2, 0.25) is 0 Å². The van der Waals surface area contributed by atoms with E-state index in [4.69, 9.17) is 24.9 Å². The summed E-state index contributed by atoms with van der Waals surface area (Å²) in [6, 6.07) is 15.2. The molecule has 3 aliphatic rings. The molecule has 174 valence electrons. The van der Waals surface area contributed by atoms with Gasteiger partial charge in [-0.1, -0.05) is 6.07 Å². The highest BCUT2D eigenvalue weighted by molar-refractivity contribution is 5.78. The molecule has 34 heavy (non-hydrogen) atoms. The number of aliphatic imine (C=N–C) groups is 1. The van der Waals surface area contributed by atoms with Crippen LogP contribution in [-0.4, -0.2) is 42.9 Å². The number of aromatic nitrogens is 1. The zero-order valence-corrected chi connectivity index (χ0v) is 19.0. The number of anilines is 1. The van der Waals surface area contributed by atoms with E-state index in [0.29, 0.717) is 29.2 Å². The highest BCUT2D eigenvalue weighted by Crippen LogP contribution is 2.52. The fraction of sp³-hybridized carbons (Fsp3) is 0.308. The highest BCUT2D eigenvalue weighted by atomic mass is 19.1. The number of hydrogen-bond donors (Lipinski definition) is 1. The van der Waals surface area contributed by atoms with Crippen molar-refractivity contribution in [1.82, 2.24) is 4.98 Å². The summed E-state index contributed by atoms with van der Waals surface area (Å²) in [6.07, 6.45) is 1.43. The number of halogens is 1. The first kappa shape index (κ1) is 20.9. The van der Waals surface area contributed by atoms with Crippen molar-refractivity contribution < 1.29 is 18.6 Å². The summed E-state index contributed by atoms with van der Waals surface area (Å²) < 4.78 is 32.3. The zero-order chi connectivity index (χ0) is 23.5. The van der Waals surface area contributed by atoms with Crippen molar-refractivity contribution in [3.05, 3.63) is 71.8 Å². The number of nitrogens with two attached hydrogens (primary N) is 1. The van der Waals surface area contributed by atoms with Crippen molar-refractivity contribution in [2.24, 2.45) is 10.7 Å². The van der Waals surface area contributed by atoms with Gasteiger partial charge in [0.1, 0.15) is 18.1 Å². The fourth-order valence-corrected chi connectivity index (χ4v) is 5.05. The molecule has 3 aromatic rings. The van der Waals surface area contributed by atoms with Crippen LogP contribution in [0.1, 0.15) is 25.0 Å². The molecule has 1 fully saturated rings. The zero-order valence-electron chi connectivity index (χ0n) is 19.0. The standard InChI is InChI=1S/C26H25FN4O3/c1-25(2)14-31(10-11-33-25)17-6-8-22-20(13-17)26(15-32-24(28)30-26)19-12-16(5-7-21(19)34-22)18-4-3-9-29-23(18)27/h3-9,12-13H,10-11,14-15H2,1-2H3,(H2,28,30)/t26-/m0/s1. The molecule has 0 saturated carbocycles. The lowest BCUT2D eigenvalue weighted by Gasteiger charge is -2.40. The average Bonchev–Trinajstić information content (AvgIpc) is 3.21. The van der Waals surface area contributed by atoms with Gasteiger partial charge in [0.2, 0.25) is 5.95 Å². The Morgan fingerprint density at radius 2 is 1.85 bits per heavy atom. The third-order valence-corrected chi connectivity index (χ3v) is 6.64. The van der Waals surface area contributed by atoms with Crippen molar-refractivity contribution in [2.75, 3.05) is 31.2 Å². The third-order valence-electron chi connectivity index (χ3n) is 6.64. The van der Waals surface area contributed by atoms with Gasteiger partial charge in [0.05, 0.1) is 12.2 Å². The monoisotopic (exact) mass is 460 g/mol. The molecule has 7 nitrogen and oxygen atoms in total. The number of pyridine rings is 1. The highest BCUT2D eigenvalue weighted by Gasteiger charge is 2.47.